The van der Waals surface area contributed by atoms with Crippen molar-refractivity contribution in [1.29, 1.82) is 0 Å². The molecular weight excluding hydrogens is 304 g/mol. The van der Waals surface area contributed by atoms with Gasteiger partial charge in [0.2, 0.25) is 0 Å². The van der Waals surface area contributed by atoms with Gasteiger partial charge in [0.05, 0.1) is 37.0 Å². The number of hydrogen-bond donors (Lipinski definition) is 5. The van der Waals surface area contributed by atoms with E-state index in [-0.39, 0.29) is 25.7 Å². The number of aliphatic carboxylic acids is 4. The molecule has 0 amide bonds. The van der Waals surface area contributed by atoms with Crippen molar-refractivity contribution in [2.45, 2.75) is 25.7 Å². The Kier molecular flexibility index (Phi) is 17.3. The molecule has 0 spiro atoms. The monoisotopic (exact) mass is 317 g/mol. The zero-order valence-electron chi connectivity index (χ0n) is 9.92. The molecule has 118 valence electrons. The fourth-order valence-corrected chi connectivity index (χ4v) is 0.428. The number of carboxylic acids is 4. The van der Waals surface area contributed by atoms with Crippen LogP contribution in [0.5, 0.6) is 0 Å². The van der Waals surface area contributed by atoms with Gasteiger partial charge in [-0.05, 0) is 0 Å². The van der Waals surface area contributed by atoms with Crippen LogP contribution in [0, 0.1) is 0 Å². The van der Waals surface area contributed by atoms with Crippen LogP contribution < -0.4 is 0 Å². The van der Waals surface area contributed by atoms with Crippen LogP contribution in [0.1, 0.15) is 25.7 Å². The third-order valence-electron chi connectivity index (χ3n) is 1.11. The summed E-state index contributed by atoms with van der Waals surface area (Å²) in [5.41, 5.74) is 0. The number of carboxylic acid groups (broad SMARTS) is 4. The van der Waals surface area contributed by atoms with E-state index in [0.29, 0.717) is 0 Å². The normalized spacial score (nSPS) is 9.90. The Balaban J connectivity index is -0.000000230. The molecule has 0 saturated heterocycles. The van der Waals surface area contributed by atoms with Gasteiger partial charge in [-0.3, -0.25) is 19.2 Å². The SMILES string of the molecule is O=C(O)CCC(=O)O.O=C(O)CCC(=O)O.O=S([O-])O. The molecule has 5 N–H and O–H groups in total. The van der Waals surface area contributed by atoms with Gasteiger partial charge in [0.25, 0.3) is 0 Å². The molecule has 20 heavy (non-hydrogen) atoms. The summed E-state index contributed by atoms with van der Waals surface area (Å²) < 4.78 is 24.1. The van der Waals surface area contributed by atoms with Crippen molar-refractivity contribution < 1.29 is 52.9 Å². The Morgan fingerprint density at radius 3 is 0.850 bits per heavy atom. The molecule has 0 aromatic carbocycles. The van der Waals surface area contributed by atoms with E-state index in [1.165, 1.54) is 0 Å². The van der Waals surface area contributed by atoms with Crippen molar-refractivity contribution in [2.24, 2.45) is 0 Å². The van der Waals surface area contributed by atoms with Crippen LogP contribution in [0.4, 0.5) is 0 Å². The largest absolute Gasteiger partial charge is 0.750 e. The van der Waals surface area contributed by atoms with Gasteiger partial charge in [-0.1, -0.05) is 0 Å². The summed E-state index contributed by atoms with van der Waals surface area (Å²) in [5, 5.41) is 31.6. The summed E-state index contributed by atoms with van der Waals surface area (Å²) in [4.78, 5) is 38.6. The fraction of sp³-hybridized carbons (Fsp3) is 0.500. The van der Waals surface area contributed by atoms with Crippen LogP contribution in [-0.2, 0) is 30.5 Å². The number of rotatable bonds is 6. The Morgan fingerprint density at radius 2 is 0.800 bits per heavy atom. The molecule has 12 heteroatoms. The summed E-state index contributed by atoms with van der Waals surface area (Å²) in [7, 11) is 0. The molecule has 0 rings (SSSR count). The van der Waals surface area contributed by atoms with E-state index in [2.05, 4.69) is 0 Å². The molecule has 0 heterocycles. The second-order valence-corrected chi connectivity index (χ2v) is 3.23. The van der Waals surface area contributed by atoms with E-state index in [1.807, 2.05) is 0 Å². The minimum absolute atomic E-state index is 0.296. The third-order valence-corrected chi connectivity index (χ3v) is 1.11. The first kappa shape index (κ1) is 23.1. The number of carbonyl (C=O) groups is 4. The number of hydrogen-bond acceptors (Lipinski definition) is 6. The summed E-state index contributed by atoms with van der Waals surface area (Å²) in [5.74, 6) is -4.31. The van der Waals surface area contributed by atoms with Crippen LogP contribution >= 0.6 is 0 Å². The molecule has 0 aliphatic carbocycles. The third kappa shape index (κ3) is 56.4. The lowest BCUT2D eigenvalue weighted by atomic mass is 10.3. The van der Waals surface area contributed by atoms with Gasteiger partial charge in [-0.15, -0.1) is 0 Å². The molecule has 0 radical (unpaired) electrons. The molecule has 0 bridgehead atoms. The van der Waals surface area contributed by atoms with Gasteiger partial charge < -0.3 is 29.5 Å². The zero-order valence-corrected chi connectivity index (χ0v) is 10.7. The summed E-state index contributed by atoms with van der Waals surface area (Å²) >= 11 is -2.86. The van der Waals surface area contributed by atoms with Gasteiger partial charge in [-0.2, -0.15) is 0 Å². The van der Waals surface area contributed by atoms with E-state index in [1.54, 1.807) is 0 Å². The van der Waals surface area contributed by atoms with Gasteiger partial charge in [0.1, 0.15) is 0 Å². The summed E-state index contributed by atoms with van der Waals surface area (Å²) in [6.07, 6.45) is -1.19. The van der Waals surface area contributed by atoms with Crippen molar-refractivity contribution in [1.82, 2.24) is 0 Å². The van der Waals surface area contributed by atoms with Crippen LogP contribution in [0.2, 0.25) is 0 Å². The lowest BCUT2D eigenvalue weighted by molar-refractivity contribution is -0.143. The van der Waals surface area contributed by atoms with Crippen molar-refractivity contribution in [3.63, 3.8) is 0 Å². The predicted molar refractivity (Wildman–Crippen MR) is 60.6 cm³/mol. The smallest absolute Gasteiger partial charge is 0.303 e. The molecule has 1 atom stereocenters. The molecule has 0 aromatic rings. The average Bonchev–Trinajstić information content (AvgIpc) is 2.23. The molecule has 0 aromatic heterocycles. The van der Waals surface area contributed by atoms with Crippen LogP contribution in [0.25, 0.3) is 0 Å². The lowest BCUT2D eigenvalue weighted by Gasteiger charge is -1.85. The zero-order chi connectivity index (χ0) is 16.7. The Bertz CT molecular complexity index is 290. The second kappa shape index (κ2) is 15.0. The van der Waals surface area contributed by atoms with Crippen molar-refractivity contribution in [3.05, 3.63) is 0 Å². The van der Waals surface area contributed by atoms with Gasteiger partial charge >= 0.3 is 23.9 Å². The first-order valence-corrected chi connectivity index (χ1v) is 5.67. The van der Waals surface area contributed by atoms with Crippen molar-refractivity contribution in [3.8, 4) is 0 Å². The molecule has 1 unspecified atom stereocenters. The van der Waals surface area contributed by atoms with Crippen LogP contribution in [0.3, 0.4) is 0 Å². The maximum atomic E-state index is 9.64. The molecular formula is C8H13O11S-. The van der Waals surface area contributed by atoms with E-state index in [4.69, 9.17) is 33.7 Å². The first-order chi connectivity index (χ1) is 8.98. The minimum Gasteiger partial charge on any atom is -0.750 e. The molecule has 11 nitrogen and oxygen atoms in total. The van der Waals surface area contributed by atoms with E-state index in [9.17, 15) is 19.2 Å². The molecule has 0 saturated carbocycles. The maximum Gasteiger partial charge on any atom is 0.303 e. The highest BCUT2D eigenvalue weighted by molar-refractivity contribution is 7.73. The highest BCUT2D eigenvalue weighted by Gasteiger charge is 2.00. The van der Waals surface area contributed by atoms with Gasteiger partial charge in [0.15, 0.2) is 0 Å². The Morgan fingerprint density at radius 1 is 0.700 bits per heavy atom. The molecule has 0 aliphatic rings. The quantitative estimate of drug-likeness (QED) is 0.383. The fourth-order valence-electron chi connectivity index (χ4n) is 0.428. The highest BCUT2D eigenvalue weighted by Crippen LogP contribution is 1.86. The average molecular weight is 317 g/mol. The van der Waals surface area contributed by atoms with Crippen molar-refractivity contribution >= 4 is 35.2 Å². The van der Waals surface area contributed by atoms with E-state index >= 15 is 0 Å². The van der Waals surface area contributed by atoms with Gasteiger partial charge in [-0.25, -0.2) is 4.21 Å². The highest BCUT2D eigenvalue weighted by atomic mass is 32.2. The second-order valence-electron chi connectivity index (χ2n) is 2.79. The van der Waals surface area contributed by atoms with Crippen molar-refractivity contribution in [2.75, 3.05) is 0 Å². The van der Waals surface area contributed by atoms with Crippen LogP contribution in [0.15, 0.2) is 0 Å². The Hall–Kier alpha value is -2.05. The summed E-state index contributed by atoms with van der Waals surface area (Å²) in [6.45, 7) is 0. The first-order valence-electron chi connectivity index (χ1n) is 4.64. The summed E-state index contributed by atoms with van der Waals surface area (Å²) in [6, 6.07) is 0. The van der Waals surface area contributed by atoms with Crippen LogP contribution in [-0.4, -0.2) is 57.6 Å². The standard InChI is InChI=1S/2C4H6O4.H2O3S/c2*5-3(6)1-2-4(7)8;1-4(2)3/h2*1-2H2,(H,5,6)(H,7,8);(H2,1,2,3)/p-1. The lowest BCUT2D eigenvalue weighted by Crippen LogP contribution is -2.00. The van der Waals surface area contributed by atoms with E-state index in [0.717, 1.165) is 0 Å². The molecule has 0 fully saturated rings. The topological polar surface area (TPSA) is 210 Å². The van der Waals surface area contributed by atoms with Gasteiger partial charge in [0, 0.05) is 0 Å². The maximum absolute atomic E-state index is 9.64. The predicted octanol–water partition coefficient (Wildman–Crippen LogP) is -0.790. The Labute approximate surface area is 115 Å². The minimum atomic E-state index is -2.86. The molecule has 0 aliphatic heterocycles. The van der Waals surface area contributed by atoms with E-state index < -0.39 is 35.2 Å².